The van der Waals surface area contributed by atoms with Crippen molar-refractivity contribution in [3.63, 3.8) is 0 Å². The van der Waals surface area contributed by atoms with Crippen LogP contribution in [0.5, 0.6) is 0 Å². The van der Waals surface area contributed by atoms with E-state index in [0.29, 0.717) is 19.5 Å². The molecule has 1 aliphatic rings. The zero-order chi connectivity index (χ0) is 17.4. The lowest BCUT2D eigenvalue weighted by Crippen LogP contribution is -2.33. The number of carbonyl (C=O) groups is 2. The first-order valence-electron chi connectivity index (χ1n) is 8.84. The molecule has 0 fully saturated rings. The fourth-order valence-electron chi connectivity index (χ4n) is 3.02. The number of anilines is 1. The molecule has 0 bridgehead atoms. The second-order valence-electron chi connectivity index (χ2n) is 6.53. The van der Waals surface area contributed by atoms with Gasteiger partial charge in [0.25, 0.3) is 0 Å². The van der Waals surface area contributed by atoms with Crippen LogP contribution >= 0.6 is 0 Å². The van der Waals surface area contributed by atoms with Crippen LogP contribution in [0.2, 0.25) is 0 Å². The molecule has 4 nitrogen and oxygen atoms in total. The summed E-state index contributed by atoms with van der Waals surface area (Å²) in [7, 11) is 0. The lowest BCUT2D eigenvalue weighted by atomic mass is 9.97. The van der Waals surface area contributed by atoms with Crippen molar-refractivity contribution in [2.45, 2.75) is 52.4 Å². The van der Waals surface area contributed by atoms with Crippen LogP contribution in [-0.4, -0.2) is 29.8 Å². The molecule has 1 aromatic carbocycles. The van der Waals surface area contributed by atoms with Crippen molar-refractivity contribution in [1.29, 1.82) is 0 Å². The molecule has 0 aliphatic heterocycles. The Kier molecular flexibility index (Phi) is 7.04. The third-order valence-corrected chi connectivity index (χ3v) is 4.44. The van der Waals surface area contributed by atoms with Crippen LogP contribution in [0.15, 0.2) is 35.9 Å². The van der Waals surface area contributed by atoms with Gasteiger partial charge >= 0.3 is 0 Å². The van der Waals surface area contributed by atoms with Gasteiger partial charge in [0, 0.05) is 32.1 Å². The Balaban J connectivity index is 1.78. The Bertz CT molecular complexity index is 607. The number of nitrogens with one attached hydrogen (secondary N) is 1. The van der Waals surface area contributed by atoms with Crippen LogP contribution in [0, 0.1) is 6.92 Å². The van der Waals surface area contributed by atoms with E-state index in [-0.39, 0.29) is 11.8 Å². The van der Waals surface area contributed by atoms with Crippen LogP contribution in [0.25, 0.3) is 0 Å². The number of hydrogen-bond donors (Lipinski definition) is 1. The van der Waals surface area contributed by atoms with Gasteiger partial charge in [0.1, 0.15) is 0 Å². The number of hydrogen-bond acceptors (Lipinski definition) is 2. The highest BCUT2D eigenvalue weighted by molar-refractivity contribution is 5.91. The van der Waals surface area contributed by atoms with Gasteiger partial charge in [0.2, 0.25) is 11.8 Å². The lowest BCUT2D eigenvalue weighted by molar-refractivity contribution is -0.129. The van der Waals surface area contributed by atoms with Crippen LogP contribution < -0.4 is 5.32 Å². The maximum Gasteiger partial charge on any atom is 0.226 e. The smallest absolute Gasteiger partial charge is 0.226 e. The van der Waals surface area contributed by atoms with Gasteiger partial charge in [0.15, 0.2) is 0 Å². The summed E-state index contributed by atoms with van der Waals surface area (Å²) in [5.74, 6) is -0.0153. The summed E-state index contributed by atoms with van der Waals surface area (Å²) < 4.78 is 0. The molecular weight excluding hydrogens is 300 g/mol. The highest BCUT2D eigenvalue weighted by Crippen LogP contribution is 2.20. The number of amides is 2. The molecule has 1 N–H and O–H groups in total. The van der Waals surface area contributed by atoms with Crippen LogP contribution in [0.3, 0.4) is 0 Å². The first-order valence-corrected chi connectivity index (χ1v) is 8.84. The molecule has 0 unspecified atom stereocenters. The summed E-state index contributed by atoms with van der Waals surface area (Å²) in [5, 5.41) is 2.89. The molecule has 0 spiro atoms. The Morgan fingerprint density at radius 3 is 2.71 bits per heavy atom. The zero-order valence-electron chi connectivity index (χ0n) is 14.8. The van der Waals surface area contributed by atoms with Crippen LogP contribution in [0.4, 0.5) is 5.69 Å². The van der Waals surface area contributed by atoms with Crippen molar-refractivity contribution < 1.29 is 9.59 Å². The van der Waals surface area contributed by atoms with Crippen molar-refractivity contribution in [3.8, 4) is 0 Å². The van der Waals surface area contributed by atoms with Gasteiger partial charge in [0.05, 0.1) is 0 Å². The Labute approximate surface area is 144 Å². The average Bonchev–Trinajstić information content (AvgIpc) is 2.55. The molecule has 1 aromatic rings. The maximum atomic E-state index is 12.1. The van der Waals surface area contributed by atoms with Gasteiger partial charge < -0.3 is 10.2 Å². The Hall–Kier alpha value is -2.10. The van der Waals surface area contributed by atoms with Gasteiger partial charge in [-0.2, -0.15) is 0 Å². The summed E-state index contributed by atoms with van der Waals surface area (Å²) in [4.78, 5) is 25.7. The van der Waals surface area contributed by atoms with Crippen molar-refractivity contribution in [2.24, 2.45) is 0 Å². The second kappa shape index (κ2) is 9.26. The topological polar surface area (TPSA) is 49.4 Å². The lowest BCUT2D eigenvalue weighted by Gasteiger charge is -2.22. The number of carbonyl (C=O) groups excluding carboxylic acids is 2. The third-order valence-electron chi connectivity index (χ3n) is 4.44. The number of allylic oxidation sites excluding steroid dienone is 1. The third kappa shape index (κ3) is 6.19. The van der Waals surface area contributed by atoms with Crippen molar-refractivity contribution in [2.75, 3.05) is 18.4 Å². The van der Waals surface area contributed by atoms with E-state index in [4.69, 9.17) is 0 Å². The van der Waals surface area contributed by atoms with E-state index in [1.807, 2.05) is 31.2 Å². The molecule has 0 heterocycles. The highest BCUT2D eigenvalue weighted by Gasteiger charge is 2.13. The van der Waals surface area contributed by atoms with Crippen molar-refractivity contribution >= 4 is 17.5 Å². The molecule has 24 heavy (non-hydrogen) atoms. The molecular formula is C20H28N2O2. The molecule has 0 saturated heterocycles. The van der Waals surface area contributed by atoms with Gasteiger partial charge in [-0.15, -0.1) is 0 Å². The minimum Gasteiger partial charge on any atom is -0.342 e. The standard InChI is InChI=1S/C20H28N2O2/c1-16-7-6-10-19(15-16)21-20(24)12-14-22(17(2)23)13-11-18-8-4-3-5-9-18/h6-8,10,15H,3-5,9,11-14H2,1-2H3,(H,21,24). The van der Waals surface area contributed by atoms with Crippen molar-refractivity contribution in [3.05, 3.63) is 41.5 Å². The molecule has 4 heteroatoms. The largest absolute Gasteiger partial charge is 0.342 e. The van der Waals surface area contributed by atoms with E-state index in [0.717, 1.165) is 30.5 Å². The Morgan fingerprint density at radius 2 is 2.04 bits per heavy atom. The molecule has 0 aromatic heterocycles. The minimum absolute atomic E-state index is 0.0368. The number of aryl methyl sites for hydroxylation is 1. The van der Waals surface area contributed by atoms with Gasteiger partial charge in [-0.05, 0) is 56.7 Å². The fraction of sp³-hybridized carbons (Fsp3) is 0.500. The summed E-state index contributed by atoms with van der Waals surface area (Å²) >= 11 is 0. The Morgan fingerprint density at radius 1 is 1.21 bits per heavy atom. The molecule has 2 rings (SSSR count). The first kappa shape index (κ1) is 18.2. The molecule has 0 saturated carbocycles. The zero-order valence-corrected chi connectivity index (χ0v) is 14.8. The van der Waals surface area contributed by atoms with E-state index < -0.39 is 0 Å². The van der Waals surface area contributed by atoms with Crippen LogP contribution in [-0.2, 0) is 9.59 Å². The van der Waals surface area contributed by atoms with Gasteiger partial charge in [-0.1, -0.05) is 23.8 Å². The number of nitrogens with zero attached hydrogens (tertiary/aromatic N) is 1. The van der Waals surface area contributed by atoms with Gasteiger partial charge in [-0.3, -0.25) is 9.59 Å². The van der Waals surface area contributed by atoms with Crippen LogP contribution in [0.1, 0.15) is 51.0 Å². The molecule has 0 atom stereocenters. The quantitative estimate of drug-likeness (QED) is 0.767. The van der Waals surface area contributed by atoms with E-state index in [1.54, 1.807) is 11.8 Å². The summed E-state index contributed by atoms with van der Waals surface area (Å²) in [6, 6.07) is 7.73. The minimum atomic E-state index is -0.0521. The summed E-state index contributed by atoms with van der Waals surface area (Å²) in [6.07, 6.45) is 8.41. The van der Waals surface area contributed by atoms with E-state index in [9.17, 15) is 9.59 Å². The van der Waals surface area contributed by atoms with E-state index >= 15 is 0 Å². The SMILES string of the molecule is CC(=O)N(CCC(=O)Nc1cccc(C)c1)CCC1=CCCCC1. The molecule has 2 amide bonds. The second-order valence-corrected chi connectivity index (χ2v) is 6.53. The van der Waals surface area contributed by atoms with Gasteiger partial charge in [-0.25, -0.2) is 0 Å². The van der Waals surface area contributed by atoms with E-state index in [1.165, 1.54) is 18.4 Å². The molecule has 1 aliphatic carbocycles. The monoisotopic (exact) mass is 328 g/mol. The average molecular weight is 328 g/mol. The van der Waals surface area contributed by atoms with E-state index in [2.05, 4.69) is 11.4 Å². The summed E-state index contributed by atoms with van der Waals surface area (Å²) in [5.41, 5.74) is 3.37. The summed E-state index contributed by atoms with van der Waals surface area (Å²) in [6.45, 7) is 4.75. The molecule has 130 valence electrons. The van der Waals surface area contributed by atoms with Crippen molar-refractivity contribution in [1.82, 2.24) is 4.90 Å². The predicted molar refractivity (Wildman–Crippen MR) is 97.8 cm³/mol. The molecule has 0 radical (unpaired) electrons. The first-order chi connectivity index (χ1) is 11.5. The number of rotatable bonds is 7. The maximum absolute atomic E-state index is 12.1. The highest BCUT2D eigenvalue weighted by atomic mass is 16.2. The number of benzene rings is 1. The fourth-order valence-corrected chi connectivity index (χ4v) is 3.02. The predicted octanol–water partition coefficient (Wildman–Crippen LogP) is 4.06. The normalized spacial score (nSPS) is 14.0.